The Balaban J connectivity index is 1.95. The largest absolute Gasteiger partial charge is 0.445 e. The lowest BCUT2D eigenvalue weighted by molar-refractivity contribution is 0.00290. The zero-order valence-electron chi connectivity index (χ0n) is 11.3. The molecule has 0 aliphatic carbocycles. The van der Waals surface area contributed by atoms with Crippen LogP contribution in [0.3, 0.4) is 0 Å². The highest BCUT2D eigenvalue weighted by Gasteiger charge is 2.37. The molecule has 19 heavy (non-hydrogen) atoms. The minimum absolute atomic E-state index is 0.0204. The first-order valence-corrected chi connectivity index (χ1v) is 6.75. The quantitative estimate of drug-likeness (QED) is 0.911. The zero-order chi connectivity index (χ0) is 13.7. The van der Waals surface area contributed by atoms with E-state index in [0.29, 0.717) is 6.54 Å². The summed E-state index contributed by atoms with van der Waals surface area (Å²) in [4.78, 5) is 13.8. The highest BCUT2D eigenvalue weighted by atomic mass is 16.6. The van der Waals surface area contributed by atoms with Gasteiger partial charge >= 0.3 is 6.09 Å². The fourth-order valence-electron chi connectivity index (χ4n) is 2.45. The average molecular weight is 263 g/mol. The Morgan fingerprint density at radius 3 is 2.79 bits per heavy atom. The van der Waals surface area contributed by atoms with Crippen LogP contribution in [0.15, 0.2) is 30.3 Å². The first kappa shape index (κ1) is 13.9. The average Bonchev–Trinajstić information content (AvgIpc) is 2.46. The predicted molar refractivity (Wildman–Crippen MR) is 72.7 cm³/mol. The third-order valence-electron chi connectivity index (χ3n) is 3.76. The number of hydrogen-bond acceptors (Lipinski definition) is 3. The Hall–Kier alpha value is -1.55. The highest BCUT2D eigenvalue weighted by molar-refractivity contribution is 5.69. The number of hydrogen-bond donors (Lipinski definition) is 1. The topological polar surface area (TPSA) is 49.8 Å². The van der Waals surface area contributed by atoms with Gasteiger partial charge in [0.2, 0.25) is 0 Å². The van der Waals surface area contributed by atoms with Crippen molar-refractivity contribution in [2.75, 3.05) is 13.2 Å². The standard InChI is InChI=1S/C15H21NO3/c1-15(12-17)9-5-6-10-16(15)14(18)19-11-13-7-3-2-4-8-13/h2-4,7-8,17H,5-6,9-12H2,1H3. The van der Waals surface area contributed by atoms with Gasteiger partial charge < -0.3 is 14.7 Å². The summed E-state index contributed by atoms with van der Waals surface area (Å²) in [5.74, 6) is 0. The molecular weight excluding hydrogens is 242 g/mol. The van der Waals surface area contributed by atoms with Gasteiger partial charge in [0.15, 0.2) is 0 Å². The Bertz CT molecular complexity index is 421. The summed E-state index contributed by atoms with van der Waals surface area (Å²) in [6.07, 6.45) is 2.50. The summed E-state index contributed by atoms with van der Waals surface area (Å²) in [6.45, 7) is 2.83. The van der Waals surface area contributed by atoms with Crippen LogP contribution in [0.25, 0.3) is 0 Å². The maximum atomic E-state index is 12.1. The first-order valence-electron chi connectivity index (χ1n) is 6.75. The number of piperidine rings is 1. The highest BCUT2D eigenvalue weighted by Crippen LogP contribution is 2.28. The van der Waals surface area contributed by atoms with Crippen molar-refractivity contribution in [3.8, 4) is 0 Å². The van der Waals surface area contributed by atoms with Crippen LogP contribution in [0.2, 0.25) is 0 Å². The smallest absolute Gasteiger partial charge is 0.410 e. The third kappa shape index (κ3) is 3.26. The molecule has 1 amide bonds. The summed E-state index contributed by atoms with van der Waals surface area (Å²) in [5, 5.41) is 9.51. The Kier molecular flexibility index (Phi) is 4.43. The van der Waals surface area contributed by atoms with Crippen LogP contribution in [-0.2, 0) is 11.3 Å². The molecule has 1 heterocycles. The zero-order valence-corrected chi connectivity index (χ0v) is 11.3. The number of amides is 1. The second-order valence-electron chi connectivity index (χ2n) is 5.30. The number of ether oxygens (including phenoxy) is 1. The molecule has 4 nitrogen and oxygen atoms in total. The summed E-state index contributed by atoms with van der Waals surface area (Å²) in [5.41, 5.74) is 0.491. The van der Waals surface area contributed by atoms with E-state index in [-0.39, 0.29) is 19.3 Å². The van der Waals surface area contributed by atoms with Crippen molar-refractivity contribution in [2.24, 2.45) is 0 Å². The monoisotopic (exact) mass is 263 g/mol. The van der Waals surface area contributed by atoms with Gasteiger partial charge in [0.05, 0.1) is 12.1 Å². The molecule has 0 saturated carbocycles. The van der Waals surface area contributed by atoms with Crippen LogP contribution in [0.5, 0.6) is 0 Å². The van der Waals surface area contributed by atoms with E-state index in [1.807, 2.05) is 37.3 Å². The molecule has 1 unspecified atom stereocenters. The molecule has 1 aromatic carbocycles. The number of carbonyl (C=O) groups excluding carboxylic acids is 1. The fourth-order valence-corrected chi connectivity index (χ4v) is 2.45. The lowest BCUT2D eigenvalue weighted by atomic mass is 9.90. The van der Waals surface area contributed by atoms with Crippen molar-refractivity contribution >= 4 is 6.09 Å². The number of aliphatic hydroxyl groups is 1. The molecule has 0 radical (unpaired) electrons. The summed E-state index contributed by atoms with van der Waals surface area (Å²) < 4.78 is 5.34. The van der Waals surface area contributed by atoms with E-state index >= 15 is 0 Å². The minimum atomic E-state index is -0.480. The number of aliphatic hydroxyl groups excluding tert-OH is 1. The van der Waals surface area contributed by atoms with Crippen molar-refractivity contribution in [3.05, 3.63) is 35.9 Å². The maximum Gasteiger partial charge on any atom is 0.410 e. The van der Waals surface area contributed by atoms with Crippen LogP contribution in [0.4, 0.5) is 4.79 Å². The summed E-state index contributed by atoms with van der Waals surface area (Å²) in [7, 11) is 0. The van der Waals surface area contributed by atoms with Crippen molar-refractivity contribution in [1.82, 2.24) is 4.90 Å². The van der Waals surface area contributed by atoms with E-state index in [1.165, 1.54) is 0 Å². The molecule has 2 rings (SSSR count). The van der Waals surface area contributed by atoms with Crippen molar-refractivity contribution < 1.29 is 14.6 Å². The molecule has 1 N–H and O–H groups in total. The number of rotatable bonds is 3. The molecule has 0 spiro atoms. The van der Waals surface area contributed by atoms with Gasteiger partial charge in [-0.25, -0.2) is 4.79 Å². The maximum absolute atomic E-state index is 12.1. The Labute approximate surface area is 114 Å². The van der Waals surface area contributed by atoms with E-state index in [2.05, 4.69) is 0 Å². The first-order chi connectivity index (χ1) is 9.15. The van der Waals surface area contributed by atoms with Gasteiger partial charge in [-0.05, 0) is 31.7 Å². The number of benzene rings is 1. The molecular formula is C15H21NO3. The SMILES string of the molecule is CC1(CO)CCCCN1C(=O)OCc1ccccc1. The lowest BCUT2D eigenvalue weighted by Gasteiger charge is -2.42. The molecule has 0 aromatic heterocycles. The van der Waals surface area contributed by atoms with Crippen molar-refractivity contribution in [2.45, 2.75) is 38.3 Å². The van der Waals surface area contributed by atoms with Gasteiger partial charge in [-0.1, -0.05) is 30.3 Å². The van der Waals surface area contributed by atoms with Gasteiger partial charge in [-0.15, -0.1) is 0 Å². The normalized spacial score (nSPS) is 23.2. The van der Waals surface area contributed by atoms with Gasteiger partial charge in [0, 0.05) is 6.54 Å². The second kappa shape index (κ2) is 6.06. The van der Waals surface area contributed by atoms with Crippen molar-refractivity contribution in [1.29, 1.82) is 0 Å². The molecule has 1 saturated heterocycles. The van der Waals surface area contributed by atoms with Gasteiger partial charge in [0.25, 0.3) is 0 Å². The lowest BCUT2D eigenvalue weighted by Crippen LogP contribution is -2.55. The molecule has 1 atom stereocenters. The van der Waals surface area contributed by atoms with Crippen LogP contribution in [-0.4, -0.2) is 34.8 Å². The number of carbonyl (C=O) groups is 1. The van der Waals surface area contributed by atoms with Gasteiger partial charge in [-0.3, -0.25) is 0 Å². The Morgan fingerprint density at radius 2 is 2.11 bits per heavy atom. The molecule has 0 bridgehead atoms. The van der Waals surface area contributed by atoms with E-state index in [0.717, 1.165) is 24.8 Å². The van der Waals surface area contributed by atoms with E-state index < -0.39 is 5.54 Å². The third-order valence-corrected chi connectivity index (χ3v) is 3.76. The van der Waals surface area contributed by atoms with Crippen LogP contribution < -0.4 is 0 Å². The molecule has 1 aromatic rings. The molecule has 4 heteroatoms. The Morgan fingerprint density at radius 1 is 1.37 bits per heavy atom. The van der Waals surface area contributed by atoms with Crippen LogP contribution >= 0.6 is 0 Å². The molecule has 1 aliphatic rings. The molecule has 104 valence electrons. The molecule has 1 fully saturated rings. The van der Waals surface area contributed by atoms with Gasteiger partial charge in [-0.2, -0.15) is 0 Å². The van der Waals surface area contributed by atoms with E-state index in [1.54, 1.807) is 4.90 Å². The minimum Gasteiger partial charge on any atom is -0.445 e. The van der Waals surface area contributed by atoms with E-state index in [4.69, 9.17) is 4.74 Å². The number of nitrogens with zero attached hydrogens (tertiary/aromatic N) is 1. The predicted octanol–water partition coefficient (Wildman–Crippen LogP) is 2.56. The van der Waals surface area contributed by atoms with Crippen molar-refractivity contribution in [3.63, 3.8) is 0 Å². The van der Waals surface area contributed by atoms with E-state index in [9.17, 15) is 9.90 Å². The summed E-state index contributed by atoms with van der Waals surface area (Å²) >= 11 is 0. The van der Waals surface area contributed by atoms with Gasteiger partial charge in [0.1, 0.15) is 6.61 Å². The van der Waals surface area contributed by atoms with Crippen LogP contribution in [0, 0.1) is 0 Å². The number of likely N-dealkylation sites (tertiary alicyclic amines) is 1. The van der Waals surface area contributed by atoms with Crippen LogP contribution in [0.1, 0.15) is 31.7 Å². The second-order valence-corrected chi connectivity index (χ2v) is 5.30. The fraction of sp³-hybridized carbons (Fsp3) is 0.533. The molecule has 1 aliphatic heterocycles. The summed E-state index contributed by atoms with van der Waals surface area (Å²) in [6, 6.07) is 9.62.